The number of carbonyl (C=O) groups is 1. The Morgan fingerprint density at radius 3 is 2.93 bits per heavy atom. The quantitative estimate of drug-likeness (QED) is 0.757. The smallest absolute Gasteiger partial charge is 0.217 e. The van der Waals surface area contributed by atoms with Gasteiger partial charge in [0.25, 0.3) is 0 Å². The van der Waals surface area contributed by atoms with Crippen LogP contribution in [0.25, 0.3) is 0 Å². The fourth-order valence-corrected chi connectivity index (χ4v) is 2.33. The van der Waals surface area contributed by atoms with Gasteiger partial charge in [-0.1, -0.05) is 11.6 Å². The van der Waals surface area contributed by atoms with Gasteiger partial charge < -0.3 is 11.1 Å². The van der Waals surface area contributed by atoms with Gasteiger partial charge in [-0.15, -0.1) is 11.3 Å². The van der Waals surface area contributed by atoms with E-state index in [9.17, 15) is 4.79 Å². The van der Waals surface area contributed by atoms with E-state index in [0.717, 1.165) is 17.3 Å². The molecule has 0 saturated heterocycles. The van der Waals surface area contributed by atoms with Crippen LogP contribution in [-0.4, -0.2) is 12.5 Å². The van der Waals surface area contributed by atoms with E-state index < -0.39 is 0 Å². The zero-order valence-corrected chi connectivity index (χ0v) is 10.2. The number of halogens is 1. The molecule has 15 heavy (non-hydrogen) atoms. The van der Waals surface area contributed by atoms with Crippen LogP contribution in [0.5, 0.6) is 0 Å². The molecule has 1 amide bonds. The molecule has 0 aliphatic heterocycles. The SMILES string of the molecule is CC(NCCCC(N)=O)c1ccc(Cl)s1. The van der Waals surface area contributed by atoms with Crippen molar-refractivity contribution in [1.29, 1.82) is 0 Å². The first kappa shape index (κ1) is 12.5. The molecular formula is C10H15ClN2OS. The Balaban J connectivity index is 2.24. The van der Waals surface area contributed by atoms with E-state index in [2.05, 4.69) is 12.2 Å². The summed E-state index contributed by atoms with van der Waals surface area (Å²) in [5.41, 5.74) is 5.04. The lowest BCUT2D eigenvalue weighted by Gasteiger charge is -2.11. The third-order valence-electron chi connectivity index (χ3n) is 2.07. The minimum atomic E-state index is -0.247. The van der Waals surface area contributed by atoms with Gasteiger partial charge in [-0.2, -0.15) is 0 Å². The second kappa shape index (κ2) is 6.10. The molecule has 1 heterocycles. The Morgan fingerprint density at radius 1 is 1.67 bits per heavy atom. The molecule has 0 aliphatic rings. The molecule has 3 N–H and O–H groups in total. The average Bonchev–Trinajstić information content (AvgIpc) is 2.59. The zero-order chi connectivity index (χ0) is 11.3. The molecule has 1 unspecified atom stereocenters. The average molecular weight is 247 g/mol. The lowest BCUT2D eigenvalue weighted by Crippen LogP contribution is -2.21. The molecule has 0 aliphatic carbocycles. The van der Waals surface area contributed by atoms with Crippen LogP contribution in [0.2, 0.25) is 4.34 Å². The lowest BCUT2D eigenvalue weighted by molar-refractivity contribution is -0.118. The summed E-state index contributed by atoms with van der Waals surface area (Å²) in [7, 11) is 0. The number of nitrogens with one attached hydrogen (secondary N) is 1. The van der Waals surface area contributed by atoms with Crippen molar-refractivity contribution in [2.24, 2.45) is 5.73 Å². The van der Waals surface area contributed by atoms with Crippen molar-refractivity contribution in [1.82, 2.24) is 5.32 Å². The summed E-state index contributed by atoms with van der Waals surface area (Å²) in [4.78, 5) is 11.7. The fourth-order valence-electron chi connectivity index (χ4n) is 1.24. The van der Waals surface area contributed by atoms with E-state index in [1.807, 2.05) is 12.1 Å². The number of hydrogen-bond acceptors (Lipinski definition) is 3. The Hall–Kier alpha value is -0.580. The highest BCUT2D eigenvalue weighted by Crippen LogP contribution is 2.26. The maximum Gasteiger partial charge on any atom is 0.217 e. The van der Waals surface area contributed by atoms with E-state index in [1.165, 1.54) is 4.88 Å². The lowest BCUT2D eigenvalue weighted by atomic mass is 10.2. The van der Waals surface area contributed by atoms with E-state index in [4.69, 9.17) is 17.3 Å². The molecule has 3 nitrogen and oxygen atoms in total. The minimum absolute atomic E-state index is 0.247. The summed E-state index contributed by atoms with van der Waals surface area (Å²) in [5.74, 6) is -0.247. The van der Waals surface area contributed by atoms with Crippen molar-refractivity contribution >= 4 is 28.8 Å². The van der Waals surface area contributed by atoms with Crippen LogP contribution >= 0.6 is 22.9 Å². The fraction of sp³-hybridized carbons (Fsp3) is 0.500. The van der Waals surface area contributed by atoms with Crippen molar-refractivity contribution in [2.45, 2.75) is 25.8 Å². The molecule has 5 heteroatoms. The third kappa shape index (κ3) is 4.64. The largest absolute Gasteiger partial charge is 0.370 e. The van der Waals surface area contributed by atoms with Gasteiger partial charge in [0.2, 0.25) is 5.91 Å². The number of thiophene rings is 1. The molecule has 1 atom stereocenters. The highest BCUT2D eigenvalue weighted by molar-refractivity contribution is 7.16. The molecule has 84 valence electrons. The van der Waals surface area contributed by atoms with Gasteiger partial charge in [0.15, 0.2) is 0 Å². The number of amides is 1. The Morgan fingerprint density at radius 2 is 2.40 bits per heavy atom. The molecule has 1 aromatic rings. The first-order valence-corrected chi connectivity index (χ1v) is 6.06. The van der Waals surface area contributed by atoms with Crippen LogP contribution in [0, 0.1) is 0 Å². The highest BCUT2D eigenvalue weighted by atomic mass is 35.5. The topological polar surface area (TPSA) is 55.1 Å². The number of carbonyl (C=O) groups excluding carboxylic acids is 1. The molecule has 1 rings (SSSR count). The van der Waals surface area contributed by atoms with Gasteiger partial charge in [-0.25, -0.2) is 0 Å². The first-order valence-electron chi connectivity index (χ1n) is 4.86. The third-order valence-corrected chi connectivity index (χ3v) is 3.49. The zero-order valence-electron chi connectivity index (χ0n) is 8.63. The number of rotatable bonds is 6. The summed E-state index contributed by atoms with van der Waals surface area (Å²) in [6, 6.07) is 4.18. The molecule has 0 saturated carbocycles. The summed E-state index contributed by atoms with van der Waals surface area (Å²) in [6.45, 7) is 2.87. The molecule has 0 bridgehead atoms. The van der Waals surface area contributed by atoms with Gasteiger partial charge in [0.05, 0.1) is 4.34 Å². The van der Waals surface area contributed by atoms with Crippen molar-refractivity contribution in [3.05, 3.63) is 21.3 Å². The number of primary amides is 1. The second-order valence-electron chi connectivity index (χ2n) is 3.39. The van der Waals surface area contributed by atoms with E-state index >= 15 is 0 Å². The maximum atomic E-state index is 10.5. The first-order chi connectivity index (χ1) is 7.09. The summed E-state index contributed by atoms with van der Waals surface area (Å²) in [5, 5.41) is 3.31. The molecule has 0 fully saturated rings. The minimum Gasteiger partial charge on any atom is -0.370 e. The molecule has 0 radical (unpaired) electrons. The van der Waals surface area contributed by atoms with E-state index in [-0.39, 0.29) is 11.9 Å². The van der Waals surface area contributed by atoms with Crippen LogP contribution in [0.1, 0.15) is 30.7 Å². The summed E-state index contributed by atoms with van der Waals surface area (Å²) < 4.78 is 0.802. The van der Waals surface area contributed by atoms with Crippen LogP contribution < -0.4 is 11.1 Å². The summed E-state index contributed by atoms with van der Waals surface area (Å²) >= 11 is 7.41. The normalized spacial score (nSPS) is 12.7. The second-order valence-corrected chi connectivity index (χ2v) is 5.13. The van der Waals surface area contributed by atoms with Gasteiger partial charge in [0, 0.05) is 17.3 Å². The molecule has 0 aromatic carbocycles. The number of hydrogen-bond donors (Lipinski definition) is 2. The van der Waals surface area contributed by atoms with Gasteiger partial charge in [0.1, 0.15) is 0 Å². The van der Waals surface area contributed by atoms with Crippen molar-refractivity contribution in [3.63, 3.8) is 0 Å². The van der Waals surface area contributed by atoms with Gasteiger partial charge >= 0.3 is 0 Å². The van der Waals surface area contributed by atoms with Crippen molar-refractivity contribution in [3.8, 4) is 0 Å². The van der Waals surface area contributed by atoms with Crippen molar-refractivity contribution in [2.75, 3.05) is 6.54 Å². The predicted octanol–water partition coefficient (Wildman–Crippen LogP) is 2.32. The highest BCUT2D eigenvalue weighted by Gasteiger charge is 2.06. The van der Waals surface area contributed by atoms with Crippen LogP contribution in [0.15, 0.2) is 12.1 Å². The molecule has 0 spiro atoms. The standard InChI is InChI=1S/C10H15ClN2OS/c1-7(8-4-5-9(11)15-8)13-6-2-3-10(12)14/h4-5,7,13H,2-3,6H2,1H3,(H2,12,14). The Bertz CT molecular complexity index is 327. The van der Waals surface area contributed by atoms with Gasteiger partial charge in [-0.3, -0.25) is 4.79 Å². The monoisotopic (exact) mass is 246 g/mol. The van der Waals surface area contributed by atoms with Crippen LogP contribution in [-0.2, 0) is 4.79 Å². The molecular weight excluding hydrogens is 232 g/mol. The van der Waals surface area contributed by atoms with Crippen LogP contribution in [0.3, 0.4) is 0 Å². The van der Waals surface area contributed by atoms with E-state index in [1.54, 1.807) is 11.3 Å². The van der Waals surface area contributed by atoms with Crippen LogP contribution in [0.4, 0.5) is 0 Å². The Labute approximate surface area is 98.6 Å². The van der Waals surface area contributed by atoms with E-state index in [0.29, 0.717) is 6.42 Å². The predicted molar refractivity (Wildman–Crippen MR) is 64.2 cm³/mol. The number of nitrogens with two attached hydrogens (primary N) is 1. The maximum absolute atomic E-state index is 10.5. The molecule has 1 aromatic heterocycles. The van der Waals surface area contributed by atoms with Crippen molar-refractivity contribution < 1.29 is 4.79 Å². The van der Waals surface area contributed by atoms with Gasteiger partial charge in [-0.05, 0) is 32.0 Å². The Kier molecular flexibility index (Phi) is 5.08. The summed E-state index contributed by atoms with van der Waals surface area (Å²) in [6.07, 6.45) is 1.21.